The maximum Gasteiger partial charge on any atom is 0.365 e. The maximum atomic E-state index is 12.5. The molecule has 0 aromatic heterocycles. The predicted molar refractivity (Wildman–Crippen MR) is 128 cm³/mol. The van der Waals surface area contributed by atoms with Crippen molar-refractivity contribution in [2.45, 2.75) is 0 Å². The molecule has 0 unspecified atom stereocenters. The lowest BCUT2D eigenvalue weighted by molar-refractivity contribution is -0.130. The van der Waals surface area contributed by atoms with Crippen LogP contribution in [0.5, 0.6) is 17.2 Å². The molecule has 10 heteroatoms. The van der Waals surface area contributed by atoms with Gasteiger partial charge in [0, 0.05) is 37.9 Å². The van der Waals surface area contributed by atoms with Crippen LogP contribution in [0.25, 0.3) is 0 Å². The van der Waals surface area contributed by atoms with E-state index in [0.717, 1.165) is 5.69 Å². The van der Waals surface area contributed by atoms with E-state index in [-0.39, 0.29) is 11.6 Å². The fourth-order valence-corrected chi connectivity index (χ4v) is 3.69. The van der Waals surface area contributed by atoms with Crippen LogP contribution in [0.3, 0.4) is 0 Å². The van der Waals surface area contributed by atoms with Crippen LogP contribution in [0.4, 0.5) is 5.69 Å². The maximum absolute atomic E-state index is 12.5. The molecular weight excluding hydrogens is 438 g/mol. The van der Waals surface area contributed by atoms with Gasteiger partial charge in [-0.05, 0) is 24.3 Å². The fraction of sp³-hybridized carbons (Fsp3) is 0.292. The van der Waals surface area contributed by atoms with Crippen LogP contribution >= 0.6 is 0 Å². The highest BCUT2D eigenvalue weighted by molar-refractivity contribution is 6.11. The molecule has 4 rings (SSSR count). The summed E-state index contributed by atoms with van der Waals surface area (Å²) in [6, 6.07) is 13.0. The van der Waals surface area contributed by atoms with Crippen LogP contribution in [0.15, 0.2) is 64.3 Å². The van der Waals surface area contributed by atoms with Gasteiger partial charge in [0.25, 0.3) is 0 Å². The smallest absolute Gasteiger partial charge is 0.365 e. The minimum Gasteiger partial charge on any atom is -0.493 e. The number of cyclic esters (lactones) is 1. The molecule has 178 valence electrons. The van der Waals surface area contributed by atoms with Crippen molar-refractivity contribution in [2.24, 2.45) is 15.7 Å². The van der Waals surface area contributed by atoms with Crippen molar-refractivity contribution < 1.29 is 23.7 Å². The highest BCUT2D eigenvalue weighted by atomic mass is 16.6. The van der Waals surface area contributed by atoms with Crippen molar-refractivity contribution in [2.75, 3.05) is 47.5 Å². The fourth-order valence-electron chi connectivity index (χ4n) is 3.69. The molecule has 0 atom stereocenters. The zero-order valence-corrected chi connectivity index (χ0v) is 19.4. The summed E-state index contributed by atoms with van der Waals surface area (Å²) in [6.07, 6.45) is 1.72. The van der Waals surface area contributed by atoms with Gasteiger partial charge in [-0.2, -0.15) is 0 Å². The molecule has 2 N–H and O–H groups in total. The largest absolute Gasteiger partial charge is 0.493 e. The second kappa shape index (κ2) is 10.2. The summed E-state index contributed by atoms with van der Waals surface area (Å²) in [7, 11) is 4.56. The van der Waals surface area contributed by atoms with Gasteiger partial charge in [-0.25, -0.2) is 14.8 Å². The van der Waals surface area contributed by atoms with Crippen LogP contribution in [-0.2, 0) is 9.53 Å². The topological polar surface area (TPSA) is 111 Å². The van der Waals surface area contributed by atoms with E-state index in [1.54, 1.807) is 18.3 Å². The van der Waals surface area contributed by atoms with Gasteiger partial charge in [-0.3, -0.25) is 0 Å². The first-order valence-corrected chi connectivity index (χ1v) is 10.7. The number of carbonyl (C=O) groups is 1. The summed E-state index contributed by atoms with van der Waals surface area (Å²) in [5.74, 6) is 1.46. The van der Waals surface area contributed by atoms with Crippen LogP contribution < -0.4 is 19.9 Å². The molecule has 0 aliphatic carbocycles. The third-order valence-corrected chi connectivity index (χ3v) is 5.48. The highest BCUT2D eigenvalue weighted by Gasteiger charge is 2.28. The van der Waals surface area contributed by atoms with Gasteiger partial charge < -0.3 is 34.5 Å². The van der Waals surface area contributed by atoms with Crippen molar-refractivity contribution in [1.29, 1.82) is 0 Å². The molecule has 34 heavy (non-hydrogen) atoms. The lowest BCUT2D eigenvalue weighted by atomic mass is 10.2. The van der Waals surface area contributed by atoms with Crippen LogP contribution in [-0.4, -0.2) is 75.1 Å². The molecule has 0 bridgehead atoms. The molecule has 1 fully saturated rings. The Bertz CT molecular complexity index is 1110. The summed E-state index contributed by atoms with van der Waals surface area (Å²) in [5.41, 5.74) is 7.76. The zero-order chi connectivity index (χ0) is 24.1. The number of guanidine groups is 1. The zero-order valence-electron chi connectivity index (χ0n) is 19.4. The minimum atomic E-state index is -0.517. The van der Waals surface area contributed by atoms with Crippen LogP contribution in [0.1, 0.15) is 5.56 Å². The van der Waals surface area contributed by atoms with Crippen LogP contribution in [0.2, 0.25) is 0 Å². The van der Waals surface area contributed by atoms with Crippen molar-refractivity contribution in [3.8, 4) is 17.2 Å². The Labute approximate surface area is 197 Å². The first-order chi connectivity index (χ1) is 16.5. The molecule has 1 saturated heterocycles. The summed E-state index contributed by atoms with van der Waals surface area (Å²) >= 11 is 0. The Morgan fingerprint density at radius 1 is 1.03 bits per heavy atom. The number of ether oxygens (including phenoxy) is 4. The van der Waals surface area contributed by atoms with E-state index in [0.29, 0.717) is 55.0 Å². The second-order valence-corrected chi connectivity index (χ2v) is 7.56. The molecule has 0 spiro atoms. The van der Waals surface area contributed by atoms with E-state index in [9.17, 15) is 4.79 Å². The van der Waals surface area contributed by atoms with E-state index in [1.165, 1.54) is 21.3 Å². The quantitative estimate of drug-likeness (QED) is 0.299. The third-order valence-electron chi connectivity index (χ3n) is 5.48. The molecule has 2 aromatic carbocycles. The molecule has 2 aromatic rings. The molecule has 2 heterocycles. The summed E-state index contributed by atoms with van der Waals surface area (Å²) < 4.78 is 21.5. The number of benzene rings is 2. The highest BCUT2D eigenvalue weighted by Crippen LogP contribution is 2.39. The molecule has 0 amide bonds. The van der Waals surface area contributed by atoms with Crippen molar-refractivity contribution in [3.63, 3.8) is 0 Å². The van der Waals surface area contributed by atoms with Gasteiger partial charge in [0.1, 0.15) is 0 Å². The number of rotatable bonds is 6. The molecule has 10 nitrogen and oxygen atoms in total. The number of nitrogens with zero attached hydrogens (tertiary/aromatic N) is 4. The van der Waals surface area contributed by atoms with E-state index in [1.807, 2.05) is 40.1 Å². The number of esters is 1. The van der Waals surface area contributed by atoms with Crippen molar-refractivity contribution in [1.82, 2.24) is 9.80 Å². The molecule has 2 aliphatic rings. The van der Waals surface area contributed by atoms with E-state index in [2.05, 4.69) is 9.98 Å². The first kappa shape index (κ1) is 23.0. The third kappa shape index (κ3) is 4.90. The number of hydrogen-bond acceptors (Lipinski definition) is 8. The Morgan fingerprint density at radius 2 is 1.68 bits per heavy atom. The van der Waals surface area contributed by atoms with Gasteiger partial charge in [0.2, 0.25) is 11.6 Å². The molecule has 2 aliphatic heterocycles. The van der Waals surface area contributed by atoms with Gasteiger partial charge in [-0.1, -0.05) is 18.2 Å². The summed E-state index contributed by atoms with van der Waals surface area (Å²) in [6.45, 7) is 2.67. The predicted octanol–water partition coefficient (Wildman–Crippen LogP) is 2.12. The van der Waals surface area contributed by atoms with E-state index >= 15 is 0 Å². The average molecular weight is 466 g/mol. The normalized spacial score (nSPS) is 17.5. The van der Waals surface area contributed by atoms with E-state index in [4.69, 9.17) is 24.7 Å². The Hall–Kier alpha value is -4.21. The van der Waals surface area contributed by atoms with Crippen molar-refractivity contribution in [3.05, 3.63) is 59.9 Å². The Morgan fingerprint density at radius 3 is 2.26 bits per heavy atom. The van der Waals surface area contributed by atoms with Crippen LogP contribution in [0, 0.1) is 0 Å². The number of aliphatic imine (C=N–C) groups is 2. The van der Waals surface area contributed by atoms with Gasteiger partial charge in [-0.15, -0.1) is 0 Å². The van der Waals surface area contributed by atoms with Gasteiger partial charge >= 0.3 is 5.97 Å². The standard InChI is InChI=1S/C24H27N5O5/c1-31-19-13-16(14-20(32-2)21(19)33-3)22-27-18(23(30)34-22)15-28-9-11-29(12-10-28)24(25)26-17-7-5-4-6-8-17/h4-8,13-15H,9-12H2,1-3H3,(H2,25,26). The molecular formula is C24H27N5O5. The van der Waals surface area contributed by atoms with Gasteiger partial charge in [0.05, 0.1) is 27.0 Å². The first-order valence-electron chi connectivity index (χ1n) is 10.7. The van der Waals surface area contributed by atoms with E-state index < -0.39 is 5.97 Å². The Balaban J connectivity index is 1.46. The number of hydrogen-bond donors (Lipinski definition) is 1. The molecule has 0 saturated carbocycles. The van der Waals surface area contributed by atoms with Gasteiger partial charge in [0.15, 0.2) is 23.2 Å². The summed E-state index contributed by atoms with van der Waals surface area (Å²) in [5, 5.41) is 0. The lowest BCUT2D eigenvalue weighted by Gasteiger charge is -2.34. The summed E-state index contributed by atoms with van der Waals surface area (Å²) in [4.78, 5) is 25.4. The Kier molecular flexibility index (Phi) is 6.86. The lowest BCUT2D eigenvalue weighted by Crippen LogP contribution is -2.49. The number of para-hydroxylation sites is 1. The molecule has 0 radical (unpaired) electrons. The van der Waals surface area contributed by atoms with Crippen molar-refractivity contribution >= 4 is 23.5 Å². The average Bonchev–Trinajstić information content (AvgIpc) is 3.24. The number of nitrogens with two attached hydrogens (primary N) is 1. The number of methoxy groups -OCH3 is 3. The number of carbonyl (C=O) groups excluding carboxylic acids is 1. The monoisotopic (exact) mass is 465 g/mol. The SMILES string of the molecule is COc1cc(C2=NC(=CN3CCN(C(N)=Nc4ccccc4)CC3)C(=O)O2)cc(OC)c1OC. The second-order valence-electron chi connectivity index (χ2n) is 7.56. The minimum absolute atomic E-state index is 0.174. The number of piperazine rings is 1.